The van der Waals surface area contributed by atoms with Gasteiger partial charge in [-0.25, -0.2) is 0 Å². The van der Waals surface area contributed by atoms with E-state index in [1.807, 2.05) is 0 Å². The van der Waals surface area contributed by atoms with Gasteiger partial charge in [-0.15, -0.1) is 0 Å². The third kappa shape index (κ3) is 2.91. The first-order chi connectivity index (χ1) is 6.09. The molecule has 0 spiro atoms. The summed E-state index contributed by atoms with van der Waals surface area (Å²) in [7, 11) is 0. The minimum Gasteiger partial charge on any atom is -0.506 e. The van der Waals surface area contributed by atoms with Gasteiger partial charge < -0.3 is 5.11 Å². The van der Waals surface area contributed by atoms with Crippen molar-refractivity contribution in [3.05, 3.63) is 38.9 Å². The van der Waals surface area contributed by atoms with Gasteiger partial charge in [-0.3, -0.25) is 10.1 Å². The normalized spacial score (nSPS) is 9.92. The zero-order valence-electron chi connectivity index (χ0n) is 6.74. The van der Waals surface area contributed by atoms with Crippen molar-refractivity contribution in [3.63, 3.8) is 0 Å². The summed E-state index contributed by atoms with van der Waals surface area (Å²) in [5, 5.41) is 19.3. The van der Waals surface area contributed by atoms with E-state index in [0.717, 1.165) is 5.56 Å². The van der Waals surface area contributed by atoms with E-state index in [4.69, 9.17) is 16.7 Å². The largest absolute Gasteiger partial charge is 0.506 e. The van der Waals surface area contributed by atoms with Crippen LogP contribution in [0.2, 0.25) is 5.02 Å². The molecule has 0 aliphatic rings. The summed E-state index contributed by atoms with van der Waals surface area (Å²) in [6.45, 7) is -0.124. The van der Waals surface area contributed by atoms with E-state index in [1.54, 1.807) is 6.07 Å². The van der Waals surface area contributed by atoms with Crippen molar-refractivity contribution in [2.45, 2.75) is 6.42 Å². The number of nitrogens with zero attached hydrogens (tertiary/aromatic N) is 1. The van der Waals surface area contributed by atoms with Gasteiger partial charge in [0, 0.05) is 11.3 Å². The predicted octanol–water partition coefficient (Wildman–Crippen LogP) is 1.86. The number of nitro groups is 1. The number of benzene rings is 1. The topological polar surface area (TPSA) is 63.4 Å². The van der Waals surface area contributed by atoms with E-state index in [9.17, 15) is 10.1 Å². The third-order valence-corrected chi connectivity index (χ3v) is 1.90. The number of phenolic OH excluding ortho intramolecular Hbond substituents is 1. The maximum atomic E-state index is 10.0. The van der Waals surface area contributed by atoms with Crippen molar-refractivity contribution < 1.29 is 10.0 Å². The van der Waals surface area contributed by atoms with Gasteiger partial charge in [-0.1, -0.05) is 17.7 Å². The monoisotopic (exact) mass is 201 g/mol. The molecule has 0 unspecified atom stereocenters. The molecule has 70 valence electrons. The van der Waals surface area contributed by atoms with Crippen LogP contribution in [-0.2, 0) is 6.42 Å². The lowest BCUT2D eigenvalue weighted by molar-refractivity contribution is -0.479. The number of hydrogen-bond acceptors (Lipinski definition) is 3. The van der Waals surface area contributed by atoms with E-state index in [-0.39, 0.29) is 22.2 Å². The Morgan fingerprint density at radius 2 is 2.23 bits per heavy atom. The van der Waals surface area contributed by atoms with E-state index in [0.29, 0.717) is 6.42 Å². The molecule has 1 rings (SSSR count). The molecule has 4 nitrogen and oxygen atoms in total. The first-order valence-corrected chi connectivity index (χ1v) is 4.06. The van der Waals surface area contributed by atoms with Crippen molar-refractivity contribution in [2.75, 3.05) is 6.54 Å². The Morgan fingerprint density at radius 1 is 1.54 bits per heavy atom. The van der Waals surface area contributed by atoms with Crippen LogP contribution in [0.1, 0.15) is 5.56 Å². The molecule has 0 fully saturated rings. The number of halogens is 1. The first-order valence-electron chi connectivity index (χ1n) is 3.69. The molecule has 1 aromatic rings. The van der Waals surface area contributed by atoms with Crippen LogP contribution in [0.25, 0.3) is 0 Å². The van der Waals surface area contributed by atoms with Gasteiger partial charge in [0.1, 0.15) is 5.75 Å². The number of hydrogen-bond donors (Lipinski definition) is 1. The molecule has 0 saturated heterocycles. The van der Waals surface area contributed by atoms with Crippen LogP contribution in [0.4, 0.5) is 0 Å². The van der Waals surface area contributed by atoms with Crippen LogP contribution < -0.4 is 0 Å². The summed E-state index contributed by atoms with van der Waals surface area (Å²) >= 11 is 5.61. The zero-order chi connectivity index (χ0) is 9.84. The van der Waals surface area contributed by atoms with Crippen LogP contribution in [-0.4, -0.2) is 16.6 Å². The molecular formula is C8H8ClNO3. The highest BCUT2D eigenvalue weighted by Crippen LogP contribution is 2.23. The van der Waals surface area contributed by atoms with Crippen LogP contribution in [0.5, 0.6) is 5.75 Å². The van der Waals surface area contributed by atoms with Crippen molar-refractivity contribution in [2.24, 2.45) is 0 Å². The number of rotatable bonds is 3. The molecule has 0 aliphatic carbocycles. The number of phenols is 1. The van der Waals surface area contributed by atoms with Gasteiger partial charge >= 0.3 is 0 Å². The van der Waals surface area contributed by atoms with Crippen LogP contribution in [0, 0.1) is 10.1 Å². The third-order valence-electron chi connectivity index (χ3n) is 1.60. The Morgan fingerprint density at radius 3 is 2.77 bits per heavy atom. The molecular weight excluding hydrogens is 194 g/mol. The highest BCUT2D eigenvalue weighted by Gasteiger charge is 2.02. The van der Waals surface area contributed by atoms with Gasteiger partial charge in [0.15, 0.2) is 0 Å². The SMILES string of the molecule is O=[N+]([O-])CCc1ccc(O)c(Cl)c1. The van der Waals surface area contributed by atoms with E-state index in [2.05, 4.69) is 0 Å². The predicted molar refractivity (Wildman–Crippen MR) is 48.7 cm³/mol. The van der Waals surface area contributed by atoms with Gasteiger partial charge in [-0.05, 0) is 17.7 Å². The zero-order valence-corrected chi connectivity index (χ0v) is 7.49. The van der Waals surface area contributed by atoms with E-state index < -0.39 is 0 Å². The fourth-order valence-corrected chi connectivity index (χ4v) is 1.13. The van der Waals surface area contributed by atoms with Crippen LogP contribution in [0.15, 0.2) is 18.2 Å². The molecule has 0 aliphatic heterocycles. The molecule has 0 radical (unpaired) electrons. The molecule has 13 heavy (non-hydrogen) atoms. The quantitative estimate of drug-likeness (QED) is 0.600. The highest BCUT2D eigenvalue weighted by atomic mass is 35.5. The van der Waals surface area contributed by atoms with Crippen molar-refractivity contribution in [1.29, 1.82) is 0 Å². The molecule has 0 bridgehead atoms. The fourth-order valence-electron chi connectivity index (χ4n) is 0.926. The minimum absolute atomic E-state index is 0.00785. The van der Waals surface area contributed by atoms with Gasteiger partial charge in [-0.2, -0.15) is 0 Å². The maximum absolute atomic E-state index is 10.0. The summed E-state index contributed by atoms with van der Waals surface area (Å²) in [6, 6.07) is 4.57. The van der Waals surface area contributed by atoms with Crippen LogP contribution >= 0.6 is 11.6 Å². The molecule has 0 amide bonds. The van der Waals surface area contributed by atoms with E-state index >= 15 is 0 Å². The lowest BCUT2D eigenvalue weighted by Crippen LogP contribution is -2.03. The molecule has 0 heterocycles. The molecule has 1 N–H and O–H groups in total. The highest BCUT2D eigenvalue weighted by molar-refractivity contribution is 6.32. The van der Waals surface area contributed by atoms with Crippen molar-refractivity contribution >= 4 is 11.6 Å². The van der Waals surface area contributed by atoms with Gasteiger partial charge in [0.25, 0.3) is 0 Å². The second-order valence-electron chi connectivity index (χ2n) is 2.59. The van der Waals surface area contributed by atoms with Crippen molar-refractivity contribution in [3.8, 4) is 5.75 Å². The van der Waals surface area contributed by atoms with E-state index in [1.165, 1.54) is 12.1 Å². The summed E-state index contributed by atoms with van der Waals surface area (Å²) < 4.78 is 0. The molecule has 0 aromatic heterocycles. The summed E-state index contributed by atoms with van der Waals surface area (Å²) in [5.74, 6) is -0.00785. The summed E-state index contributed by atoms with van der Waals surface area (Å²) in [4.78, 5) is 9.66. The molecule has 0 saturated carbocycles. The Kier molecular flexibility index (Phi) is 3.08. The summed E-state index contributed by atoms with van der Waals surface area (Å²) in [5.41, 5.74) is 0.750. The number of aromatic hydroxyl groups is 1. The lowest BCUT2D eigenvalue weighted by atomic mass is 10.1. The second kappa shape index (κ2) is 4.09. The minimum atomic E-state index is -0.388. The standard InChI is InChI=1S/C8H8ClNO3/c9-7-5-6(1-2-8(7)11)3-4-10(12)13/h1-2,5,11H,3-4H2. The van der Waals surface area contributed by atoms with Gasteiger partial charge in [0.2, 0.25) is 6.54 Å². The average molecular weight is 202 g/mol. The van der Waals surface area contributed by atoms with Crippen LogP contribution in [0.3, 0.4) is 0 Å². The molecule has 5 heteroatoms. The lowest BCUT2D eigenvalue weighted by Gasteiger charge is -1.99. The van der Waals surface area contributed by atoms with Crippen molar-refractivity contribution in [1.82, 2.24) is 0 Å². The van der Waals surface area contributed by atoms with Gasteiger partial charge in [0.05, 0.1) is 5.02 Å². The Labute approximate surface area is 79.9 Å². The molecule has 1 aromatic carbocycles. The molecule has 0 atom stereocenters. The smallest absolute Gasteiger partial charge is 0.207 e. The Hall–Kier alpha value is -1.29. The maximum Gasteiger partial charge on any atom is 0.207 e. The Bertz CT molecular complexity index is 327. The second-order valence-corrected chi connectivity index (χ2v) is 3.00. The Balaban J connectivity index is 2.68. The fraction of sp³-hybridized carbons (Fsp3) is 0.250. The summed E-state index contributed by atoms with van der Waals surface area (Å²) in [6.07, 6.45) is 0.326. The average Bonchev–Trinajstić information content (AvgIpc) is 2.07. The first kappa shape index (κ1) is 9.80.